The minimum absolute atomic E-state index is 0.977. The van der Waals surface area contributed by atoms with Crippen LogP contribution in [-0.2, 0) is 0 Å². The summed E-state index contributed by atoms with van der Waals surface area (Å²) < 4.78 is 6.61. The third-order valence-corrected chi connectivity index (χ3v) is 3.28. The molecule has 0 amide bonds. The van der Waals surface area contributed by atoms with E-state index in [2.05, 4.69) is 26.0 Å². The van der Waals surface area contributed by atoms with Gasteiger partial charge in [0.2, 0.25) is 0 Å². The van der Waals surface area contributed by atoms with Gasteiger partial charge in [0.1, 0.15) is 5.75 Å². The molecule has 0 N–H and O–H groups in total. The maximum absolute atomic E-state index is 5.27. The van der Waals surface area contributed by atoms with E-state index in [0.29, 0.717) is 0 Å². The third kappa shape index (κ3) is 1.31. The van der Waals surface area contributed by atoms with Crippen LogP contribution in [0.1, 0.15) is 10.4 Å². The summed E-state index contributed by atoms with van der Waals surface area (Å²) in [4.78, 5) is 1.35. The predicted octanol–water partition coefficient (Wildman–Crippen LogP) is 3.53. The van der Waals surface area contributed by atoms with Crippen LogP contribution < -0.4 is 4.74 Å². The zero-order valence-corrected chi connectivity index (χ0v) is 8.87. The van der Waals surface area contributed by atoms with E-state index in [4.69, 9.17) is 4.74 Å². The summed E-state index contributed by atoms with van der Waals surface area (Å²) in [6.45, 7) is 4.24. The molecule has 1 heterocycles. The first kappa shape index (κ1) is 8.57. The molecule has 0 aliphatic rings. The number of hydrogen-bond donors (Lipinski definition) is 0. The van der Waals surface area contributed by atoms with Crippen molar-refractivity contribution in [2.45, 2.75) is 13.8 Å². The summed E-state index contributed by atoms with van der Waals surface area (Å²) in [6, 6.07) is 6.38. The monoisotopic (exact) mass is 192 g/mol. The second-order valence-electron chi connectivity index (χ2n) is 3.16. The van der Waals surface area contributed by atoms with E-state index in [9.17, 15) is 0 Å². The number of aryl methyl sites for hydroxylation is 2. The van der Waals surface area contributed by atoms with Crippen LogP contribution in [-0.4, -0.2) is 7.11 Å². The van der Waals surface area contributed by atoms with E-state index < -0.39 is 0 Å². The highest BCUT2D eigenvalue weighted by Crippen LogP contribution is 2.32. The number of methoxy groups -OCH3 is 1. The lowest BCUT2D eigenvalue weighted by Crippen LogP contribution is -1.85. The second-order valence-corrected chi connectivity index (χ2v) is 4.45. The molecule has 0 unspecified atom stereocenters. The first-order valence-electron chi connectivity index (χ1n) is 4.26. The predicted molar refractivity (Wildman–Crippen MR) is 57.9 cm³/mol. The minimum Gasteiger partial charge on any atom is -0.496 e. The summed E-state index contributed by atoms with van der Waals surface area (Å²) in [5, 5.41) is 1.32. The Labute approximate surface area is 82.0 Å². The Kier molecular flexibility index (Phi) is 2.00. The SMILES string of the molecule is COc1ccc2sc(C)cc2c1C. The molecule has 2 aromatic rings. The van der Waals surface area contributed by atoms with E-state index >= 15 is 0 Å². The molecule has 68 valence electrons. The number of rotatable bonds is 1. The Balaban J connectivity index is 2.78. The Bertz CT molecular complexity index is 443. The summed E-state index contributed by atoms with van der Waals surface area (Å²) in [6.07, 6.45) is 0. The smallest absolute Gasteiger partial charge is 0.122 e. The molecule has 1 nitrogen and oxygen atoms in total. The van der Waals surface area contributed by atoms with Gasteiger partial charge in [0.25, 0.3) is 0 Å². The van der Waals surface area contributed by atoms with Crippen molar-refractivity contribution >= 4 is 21.4 Å². The Morgan fingerprint density at radius 1 is 1.23 bits per heavy atom. The van der Waals surface area contributed by atoms with Crippen LogP contribution in [0.4, 0.5) is 0 Å². The molecule has 1 aromatic heterocycles. The highest BCUT2D eigenvalue weighted by molar-refractivity contribution is 7.19. The van der Waals surface area contributed by atoms with E-state index in [0.717, 1.165) is 5.75 Å². The Hall–Kier alpha value is -1.02. The van der Waals surface area contributed by atoms with Crippen LogP contribution in [0.2, 0.25) is 0 Å². The molecule has 0 saturated carbocycles. The molecular weight excluding hydrogens is 180 g/mol. The molecule has 0 bridgehead atoms. The summed E-state index contributed by atoms with van der Waals surface area (Å²) in [5.74, 6) is 0.977. The van der Waals surface area contributed by atoms with Crippen molar-refractivity contribution in [1.82, 2.24) is 0 Å². The van der Waals surface area contributed by atoms with Gasteiger partial charge in [-0.1, -0.05) is 0 Å². The molecule has 0 atom stereocenters. The quantitative estimate of drug-likeness (QED) is 0.671. The molecule has 2 heteroatoms. The normalized spacial score (nSPS) is 10.7. The van der Waals surface area contributed by atoms with Crippen LogP contribution in [0.3, 0.4) is 0 Å². The minimum atomic E-state index is 0.977. The summed E-state index contributed by atoms with van der Waals surface area (Å²) in [5.41, 5.74) is 1.24. The molecule has 0 fully saturated rings. The van der Waals surface area contributed by atoms with Gasteiger partial charge in [-0.05, 0) is 43.0 Å². The molecular formula is C11H12OS. The van der Waals surface area contributed by atoms with E-state index in [1.807, 2.05) is 17.4 Å². The van der Waals surface area contributed by atoms with Crippen LogP contribution in [0, 0.1) is 13.8 Å². The van der Waals surface area contributed by atoms with Crippen LogP contribution in [0.5, 0.6) is 5.75 Å². The van der Waals surface area contributed by atoms with Gasteiger partial charge in [-0.3, -0.25) is 0 Å². The number of thiophene rings is 1. The summed E-state index contributed by atoms with van der Waals surface area (Å²) >= 11 is 1.83. The van der Waals surface area contributed by atoms with Crippen molar-refractivity contribution in [1.29, 1.82) is 0 Å². The molecule has 0 spiro atoms. The van der Waals surface area contributed by atoms with Crippen molar-refractivity contribution in [3.8, 4) is 5.75 Å². The van der Waals surface area contributed by atoms with Gasteiger partial charge in [0, 0.05) is 9.58 Å². The first-order valence-corrected chi connectivity index (χ1v) is 5.08. The zero-order chi connectivity index (χ0) is 9.42. The van der Waals surface area contributed by atoms with Crippen molar-refractivity contribution in [2.75, 3.05) is 7.11 Å². The Morgan fingerprint density at radius 3 is 2.69 bits per heavy atom. The van der Waals surface area contributed by atoms with Gasteiger partial charge in [0.15, 0.2) is 0 Å². The third-order valence-electron chi connectivity index (χ3n) is 2.26. The highest BCUT2D eigenvalue weighted by atomic mass is 32.1. The Morgan fingerprint density at radius 2 is 2.00 bits per heavy atom. The van der Waals surface area contributed by atoms with Crippen LogP contribution >= 0.6 is 11.3 Å². The van der Waals surface area contributed by atoms with Gasteiger partial charge in [-0.15, -0.1) is 11.3 Å². The van der Waals surface area contributed by atoms with Gasteiger partial charge in [-0.25, -0.2) is 0 Å². The maximum Gasteiger partial charge on any atom is 0.122 e. The maximum atomic E-state index is 5.27. The fourth-order valence-corrected chi connectivity index (χ4v) is 2.56. The largest absolute Gasteiger partial charge is 0.496 e. The molecule has 2 rings (SSSR count). The standard InChI is InChI=1S/C11H12OS/c1-7-6-9-8(2)10(12-3)4-5-11(9)13-7/h4-6H,1-3H3. The summed E-state index contributed by atoms with van der Waals surface area (Å²) in [7, 11) is 1.72. The van der Waals surface area contributed by atoms with Crippen molar-refractivity contribution in [2.24, 2.45) is 0 Å². The van der Waals surface area contributed by atoms with E-state index in [1.165, 1.54) is 20.5 Å². The number of ether oxygens (including phenoxy) is 1. The number of hydrogen-bond acceptors (Lipinski definition) is 2. The van der Waals surface area contributed by atoms with Gasteiger partial charge >= 0.3 is 0 Å². The average Bonchev–Trinajstić information content (AvgIpc) is 2.47. The van der Waals surface area contributed by atoms with Gasteiger partial charge in [0.05, 0.1) is 7.11 Å². The van der Waals surface area contributed by atoms with Gasteiger partial charge in [-0.2, -0.15) is 0 Å². The van der Waals surface area contributed by atoms with Crippen molar-refractivity contribution < 1.29 is 4.74 Å². The van der Waals surface area contributed by atoms with Gasteiger partial charge < -0.3 is 4.74 Å². The van der Waals surface area contributed by atoms with E-state index in [-0.39, 0.29) is 0 Å². The molecule has 0 aliphatic heterocycles. The van der Waals surface area contributed by atoms with E-state index in [1.54, 1.807) is 7.11 Å². The lowest BCUT2D eigenvalue weighted by molar-refractivity contribution is 0.412. The van der Waals surface area contributed by atoms with Crippen molar-refractivity contribution in [3.05, 3.63) is 28.6 Å². The number of fused-ring (bicyclic) bond motifs is 1. The molecule has 1 aromatic carbocycles. The fourth-order valence-electron chi connectivity index (χ4n) is 1.58. The topological polar surface area (TPSA) is 9.23 Å². The lowest BCUT2D eigenvalue weighted by Gasteiger charge is -2.04. The number of benzene rings is 1. The fraction of sp³-hybridized carbons (Fsp3) is 0.273. The first-order chi connectivity index (χ1) is 6.22. The van der Waals surface area contributed by atoms with Crippen LogP contribution in [0.25, 0.3) is 10.1 Å². The molecule has 0 radical (unpaired) electrons. The average molecular weight is 192 g/mol. The lowest BCUT2D eigenvalue weighted by atomic mass is 10.1. The highest BCUT2D eigenvalue weighted by Gasteiger charge is 2.05. The molecule has 0 saturated heterocycles. The van der Waals surface area contributed by atoms with Crippen LogP contribution in [0.15, 0.2) is 18.2 Å². The zero-order valence-electron chi connectivity index (χ0n) is 8.05. The van der Waals surface area contributed by atoms with Crippen molar-refractivity contribution in [3.63, 3.8) is 0 Å². The molecule has 13 heavy (non-hydrogen) atoms. The molecule has 0 aliphatic carbocycles. The second kappa shape index (κ2) is 3.04.